The van der Waals surface area contributed by atoms with Gasteiger partial charge in [-0.1, -0.05) is 19.9 Å². The van der Waals surface area contributed by atoms with Crippen molar-refractivity contribution in [3.8, 4) is 0 Å². The van der Waals surface area contributed by atoms with E-state index in [2.05, 4.69) is 28.6 Å². The first-order chi connectivity index (χ1) is 16.7. The summed E-state index contributed by atoms with van der Waals surface area (Å²) in [7, 11) is 0. The third kappa shape index (κ3) is 3.07. The molecule has 0 aliphatic heterocycles. The number of fused-ring (bicyclic) bond motifs is 5. The van der Waals surface area contributed by atoms with Crippen LogP contribution >= 0.6 is 28.6 Å². The van der Waals surface area contributed by atoms with E-state index in [1.54, 1.807) is 13.8 Å². The molecule has 9 atom stereocenters. The molecule has 0 bridgehead atoms. The van der Waals surface area contributed by atoms with E-state index in [4.69, 9.17) is 9.15 Å². The maximum atomic E-state index is 17.3. The third-order valence-corrected chi connectivity index (χ3v) is 10.3. The Morgan fingerprint density at radius 3 is 2.56 bits per heavy atom. The number of hydrogen-bond acceptors (Lipinski definition) is 6. The van der Waals surface area contributed by atoms with Gasteiger partial charge in [0.05, 0.1) is 6.10 Å². The van der Waals surface area contributed by atoms with Crippen molar-refractivity contribution in [2.45, 2.75) is 63.6 Å². The van der Waals surface area contributed by atoms with E-state index in [0.717, 1.165) is 6.08 Å². The molecule has 0 spiro atoms. The molecule has 3 saturated carbocycles. The number of furan rings is 1. The van der Waals surface area contributed by atoms with E-state index in [0.29, 0.717) is 4.67 Å². The second-order valence-corrected chi connectivity index (χ2v) is 12.2. The Bertz CT molecular complexity index is 1230. The fraction of sp³-hybridized carbons (Fsp3) is 0.577. The summed E-state index contributed by atoms with van der Waals surface area (Å²) >= 11 is 7.25. The Kier molecular flexibility index (Phi) is 5.82. The molecule has 1 N–H and O–H groups in total. The number of carbonyl (C=O) groups is 3. The van der Waals surface area contributed by atoms with E-state index in [1.165, 1.54) is 31.2 Å². The molecule has 4 aliphatic rings. The molecule has 1 aromatic rings. The first-order valence-corrected chi connectivity index (χ1v) is 13.1. The predicted molar refractivity (Wildman–Crippen MR) is 132 cm³/mol. The molecular weight excluding hydrogens is 558 g/mol. The molecule has 36 heavy (non-hydrogen) atoms. The molecule has 0 radical (unpaired) electrons. The molecular formula is C26H27BrF2O6S. The van der Waals surface area contributed by atoms with Crippen LogP contribution < -0.4 is 0 Å². The number of thiol groups is 1. The highest BCUT2D eigenvalue weighted by molar-refractivity contribution is 9.10. The van der Waals surface area contributed by atoms with Crippen molar-refractivity contribution in [1.82, 2.24) is 0 Å². The monoisotopic (exact) mass is 584 g/mol. The Morgan fingerprint density at radius 2 is 1.94 bits per heavy atom. The van der Waals surface area contributed by atoms with Crippen LogP contribution in [0, 0.1) is 28.6 Å². The van der Waals surface area contributed by atoms with Gasteiger partial charge >= 0.3 is 5.97 Å². The number of hydrogen-bond donors (Lipinski definition) is 2. The fourth-order valence-corrected chi connectivity index (χ4v) is 8.69. The first kappa shape index (κ1) is 25.9. The summed E-state index contributed by atoms with van der Waals surface area (Å²) < 4.78 is 44.4. The summed E-state index contributed by atoms with van der Waals surface area (Å²) in [5.41, 5.74) is -6.86. The van der Waals surface area contributed by atoms with Crippen LogP contribution in [0.3, 0.4) is 0 Å². The zero-order valence-corrected chi connectivity index (χ0v) is 22.4. The Hall–Kier alpha value is -1.78. The molecule has 5 rings (SSSR count). The van der Waals surface area contributed by atoms with Gasteiger partial charge in [-0.3, -0.25) is 9.59 Å². The van der Waals surface area contributed by atoms with E-state index < -0.39 is 69.0 Å². The fourth-order valence-electron chi connectivity index (χ4n) is 7.86. The Morgan fingerprint density at radius 1 is 1.25 bits per heavy atom. The van der Waals surface area contributed by atoms with Gasteiger partial charge in [0, 0.05) is 22.7 Å². The second kappa shape index (κ2) is 8.11. The predicted octanol–water partition coefficient (Wildman–Crippen LogP) is 4.96. The van der Waals surface area contributed by atoms with E-state index >= 15 is 8.78 Å². The van der Waals surface area contributed by atoms with Crippen molar-refractivity contribution in [2.75, 3.05) is 0 Å². The number of ether oxygens (including phenoxy) is 1. The minimum absolute atomic E-state index is 0.0220. The number of rotatable bonds is 3. The first-order valence-electron chi connectivity index (χ1n) is 11.9. The summed E-state index contributed by atoms with van der Waals surface area (Å²) in [4.78, 5) is 38.2. The number of allylic oxidation sites excluding steroid dienone is 4. The van der Waals surface area contributed by atoms with Crippen LogP contribution in [-0.4, -0.2) is 45.5 Å². The molecule has 1 heterocycles. The van der Waals surface area contributed by atoms with Crippen LogP contribution in [0.1, 0.15) is 50.6 Å². The van der Waals surface area contributed by atoms with Gasteiger partial charge in [-0.2, -0.15) is 0 Å². The lowest BCUT2D eigenvalue weighted by atomic mass is 9.44. The minimum Gasteiger partial charge on any atom is -0.443 e. The van der Waals surface area contributed by atoms with Crippen molar-refractivity contribution in [2.24, 2.45) is 28.6 Å². The Balaban J connectivity index is 1.61. The second-order valence-electron chi connectivity index (χ2n) is 11.0. The van der Waals surface area contributed by atoms with E-state index in [1.807, 2.05) is 0 Å². The lowest BCUT2D eigenvalue weighted by Crippen LogP contribution is -2.70. The summed E-state index contributed by atoms with van der Waals surface area (Å²) in [5, 5.41) is 10.7. The highest BCUT2D eigenvalue weighted by atomic mass is 79.9. The average molecular weight is 585 g/mol. The van der Waals surface area contributed by atoms with Crippen molar-refractivity contribution < 1.29 is 37.4 Å². The van der Waals surface area contributed by atoms with Gasteiger partial charge in [-0.15, -0.1) is 12.6 Å². The molecule has 0 amide bonds. The van der Waals surface area contributed by atoms with E-state index in [-0.39, 0.29) is 30.6 Å². The smallest absolute Gasteiger partial charge is 0.375 e. The van der Waals surface area contributed by atoms with Crippen molar-refractivity contribution in [3.05, 3.63) is 46.4 Å². The number of aliphatic hydroxyl groups excluding tert-OH is 1. The normalized spacial score (nSPS) is 45.4. The molecule has 6 nitrogen and oxygen atoms in total. The van der Waals surface area contributed by atoms with Gasteiger partial charge < -0.3 is 14.3 Å². The minimum atomic E-state index is -2.30. The highest BCUT2D eigenvalue weighted by Crippen LogP contribution is 2.71. The third-order valence-electron chi connectivity index (χ3n) is 9.51. The molecule has 3 fully saturated rings. The largest absolute Gasteiger partial charge is 0.443 e. The molecule has 10 heteroatoms. The number of halogens is 3. The van der Waals surface area contributed by atoms with Gasteiger partial charge in [0.1, 0.15) is 6.17 Å². The van der Waals surface area contributed by atoms with E-state index in [9.17, 15) is 19.5 Å². The highest BCUT2D eigenvalue weighted by Gasteiger charge is 2.78. The summed E-state index contributed by atoms with van der Waals surface area (Å²) in [5.74, 6) is -3.66. The van der Waals surface area contributed by atoms with Gasteiger partial charge in [-0.25, -0.2) is 13.6 Å². The van der Waals surface area contributed by atoms with Crippen molar-refractivity contribution in [3.63, 3.8) is 0 Å². The molecule has 4 aliphatic carbocycles. The molecule has 5 unspecified atom stereocenters. The Labute approximate surface area is 221 Å². The molecule has 194 valence electrons. The van der Waals surface area contributed by atoms with Crippen LogP contribution in [0.15, 0.2) is 45.0 Å². The van der Waals surface area contributed by atoms with Gasteiger partial charge in [-0.05, 0) is 77.9 Å². The summed E-state index contributed by atoms with van der Waals surface area (Å²) in [6, 6.07) is 2.90. The number of carbonyl (C=O) groups excluding carboxylic acids is 3. The van der Waals surface area contributed by atoms with Crippen LogP contribution in [0.5, 0.6) is 0 Å². The van der Waals surface area contributed by atoms with Crippen molar-refractivity contribution >= 4 is 45.4 Å². The maximum Gasteiger partial charge on any atom is 0.375 e. The van der Waals surface area contributed by atoms with Crippen LogP contribution in [0.2, 0.25) is 0 Å². The summed E-state index contributed by atoms with van der Waals surface area (Å²) in [6.45, 7) is 4.92. The molecule has 0 saturated heterocycles. The average Bonchev–Trinajstić information content (AvgIpc) is 3.32. The summed E-state index contributed by atoms with van der Waals surface area (Å²) in [6.07, 6.45) is 0.235. The number of aliphatic hydroxyl groups is 1. The zero-order valence-electron chi connectivity index (χ0n) is 20.0. The standard InChI is InChI=1S/C26H27BrF2O6S/c1-12-8-14-15-10-17(28)16-9-13(30)6-7-23(16,2)25(15,29)19(31)11-24(14,3)26(12,22(33)36)35-21(32)18-4-5-20(27)34-18/h4-7,9,12,14-15,17,19,31H,8,10-11H2,1-3H3,(H,33,36)/t12?,14-,15-,17?,19?,23-,24-,25?,26?/m0/s1. The lowest BCUT2D eigenvalue weighted by molar-refractivity contribution is -0.221. The van der Waals surface area contributed by atoms with Gasteiger partial charge in [0.25, 0.3) is 0 Å². The van der Waals surface area contributed by atoms with Crippen LogP contribution in [0.25, 0.3) is 0 Å². The van der Waals surface area contributed by atoms with Crippen molar-refractivity contribution in [1.29, 1.82) is 0 Å². The lowest BCUT2D eigenvalue weighted by Gasteiger charge is -2.63. The van der Waals surface area contributed by atoms with Crippen LogP contribution in [-0.2, 0) is 14.3 Å². The molecule has 1 aromatic heterocycles. The number of ketones is 1. The van der Waals surface area contributed by atoms with Gasteiger partial charge in [0.2, 0.25) is 10.9 Å². The molecule has 0 aromatic carbocycles. The number of esters is 1. The topological polar surface area (TPSA) is 93.8 Å². The maximum absolute atomic E-state index is 17.3. The number of alkyl halides is 2. The van der Waals surface area contributed by atoms with Crippen LogP contribution in [0.4, 0.5) is 8.78 Å². The quantitative estimate of drug-likeness (QED) is 0.385. The SMILES string of the molecule is CC1C[C@H]2[C@@H]3CC(F)C4=CC(=O)C=C[C@]4(C)C3(F)C(O)C[C@]2(C)C1(OC(=O)c1ccc(Br)o1)C(=O)S. The van der Waals surface area contributed by atoms with Gasteiger partial charge in [0.15, 0.2) is 21.7 Å². The zero-order chi connectivity index (χ0) is 26.4.